The summed E-state index contributed by atoms with van der Waals surface area (Å²) >= 11 is 0. The Morgan fingerprint density at radius 1 is 1.23 bits per heavy atom. The molecule has 1 atom stereocenters. The highest BCUT2D eigenvalue weighted by Crippen LogP contribution is 2.25. The standard InChI is InChI=1S/C18H28N4O4/c1-13(21-7-9-26-10-8-21)14-3-5-22(6-4-14)16(23)11-15-12-19-18(25)20(2)17(15)24/h12-14H,3-11H2,1-2H3,(H,19,25)/t13-/m0/s1. The summed E-state index contributed by atoms with van der Waals surface area (Å²) in [5.41, 5.74) is -0.539. The SMILES string of the molecule is C[C@@H](C1CCN(C(=O)Cc2c[nH]c(=O)n(C)c2=O)CC1)N1CCOCC1. The number of likely N-dealkylation sites (tertiary alicyclic amines) is 1. The number of nitrogens with zero attached hydrogens (tertiary/aromatic N) is 3. The summed E-state index contributed by atoms with van der Waals surface area (Å²) in [6, 6.07) is 0.502. The number of amides is 1. The molecule has 1 aromatic rings. The van der Waals surface area contributed by atoms with Gasteiger partial charge in [-0.25, -0.2) is 4.79 Å². The molecule has 144 valence electrons. The highest BCUT2D eigenvalue weighted by molar-refractivity contribution is 5.78. The van der Waals surface area contributed by atoms with E-state index >= 15 is 0 Å². The zero-order valence-corrected chi connectivity index (χ0v) is 15.6. The first-order chi connectivity index (χ1) is 12.5. The zero-order valence-electron chi connectivity index (χ0n) is 15.6. The number of carbonyl (C=O) groups excluding carboxylic acids is 1. The first-order valence-corrected chi connectivity index (χ1v) is 9.34. The van der Waals surface area contributed by atoms with Crippen LogP contribution in [0.4, 0.5) is 0 Å². The molecule has 2 aliphatic heterocycles. The summed E-state index contributed by atoms with van der Waals surface area (Å²) in [4.78, 5) is 42.9. The summed E-state index contributed by atoms with van der Waals surface area (Å²) in [7, 11) is 1.41. The lowest BCUT2D eigenvalue weighted by Gasteiger charge is -2.41. The second kappa shape index (κ2) is 8.18. The molecule has 1 aromatic heterocycles. The number of morpholine rings is 1. The van der Waals surface area contributed by atoms with Gasteiger partial charge in [0.05, 0.1) is 19.6 Å². The van der Waals surface area contributed by atoms with Gasteiger partial charge in [0.15, 0.2) is 0 Å². The monoisotopic (exact) mass is 364 g/mol. The fraction of sp³-hybridized carbons (Fsp3) is 0.722. The molecule has 8 nitrogen and oxygen atoms in total. The summed E-state index contributed by atoms with van der Waals surface area (Å²) in [5.74, 6) is 0.532. The average molecular weight is 364 g/mol. The van der Waals surface area contributed by atoms with Crippen LogP contribution in [-0.2, 0) is 23.0 Å². The molecule has 0 spiro atoms. The molecule has 0 unspecified atom stereocenters. The number of hydrogen-bond donors (Lipinski definition) is 1. The van der Waals surface area contributed by atoms with Crippen LogP contribution in [0.5, 0.6) is 0 Å². The number of hydrogen-bond acceptors (Lipinski definition) is 5. The van der Waals surface area contributed by atoms with Gasteiger partial charge < -0.3 is 14.6 Å². The van der Waals surface area contributed by atoms with E-state index in [1.165, 1.54) is 13.2 Å². The van der Waals surface area contributed by atoms with E-state index in [2.05, 4.69) is 16.8 Å². The Balaban J connectivity index is 1.54. The van der Waals surface area contributed by atoms with Crippen LogP contribution in [0.15, 0.2) is 15.8 Å². The van der Waals surface area contributed by atoms with Crippen LogP contribution in [0, 0.1) is 5.92 Å². The molecule has 2 aliphatic rings. The van der Waals surface area contributed by atoms with Crippen molar-refractivity contribution in [1.29, 1.82) is 0 Å². The van der Waals surface area contributed by atoms with Crippen LogP contribution in [0.1, 0.15) is 25.3 Å². The van der Waals surface area contributed by atoms with Crippen molar-refractivity contribution in [3.8, 4) is 0 Å². The van der Waals surface area contributed by atoms with Gasteiger partial charge in [-0.15, -0.1) is 0 Å². The zero-order chi connectivity index (χ0) is 18.7. The molecular weight excluding hydrogens is 336 g/mol. The lowest BCUT2D eigenvalue weighted by atomic mass is 9.89. The number of carbonyl (C=O) groups is 1. The van der Waals surface area contributed by atoms with Crippen LogP contribution >= 0.6 is 0 Å². The number of piperidine rings is 1. The van der Waals surface area contributed by atoms with Gasteiger partial charge in [0, 0.05) is 51.0 Å². The molecule has 0 radical (unpaired) electrons. The van der Waals surface area contributed by atoms with E-state index in [0.29, 0.717) is 17.5 Å². The normalized spacial score (nSPS) is 20.9. The van der Waals surface area contributed by atoms with Crippen molar-refractivity contribution in [1.82, 2.24) is 19.4 Å². The molecule has 2 saturated heterocycles. The van der Waals surface area contributed by atoms with E-state index in [1.54, 1.807) is 0 Å². The van der Waals surface area contributed by atoms with Crippen molar-refractivity contribution in [3.05, 3.63) is 32.6 Å². The average Bonchev–Trinajstić information content (AvgIpc) is 2.68. The van der Waals surface area contributed by atoms with Gasteiger partial charge in [-0.3, -0.25) is 19.1 Å². The second-order valence-corrected chi connectivity index (χ2v) is 7.27. The number of aromatic amines is 1. The minimum Gasteiger partial charge on any atom is -0.379 e. The van der Waals surface area contributed by atoms with Gasteiger partial charge in [-0.2, -0.15) is 0 Å². The lowest BCUT2D eigenvalue weighted by molar-refractivity contribution is -0.132. The van der Waals surface area contributed by atoms with Crippen molar-refractivity contribution in [2.24, 2.45) is 13.0 Å². The first-order valence-electron chi connectivity index (χ1n) is 9.34. The fourth-order valence-corrected chi connectivity index (χ4v) is 3.93. The number of ether oxygens (including phenoxy) is 1. The third-order valence-corrected chi connectivity index (χ3v) is 5.79. The van der Waals surface area contributed by atoms with Crippen molar-refractivity contribution in [3.63, 3.8) is 0 Å². The van der Waals surface area contributed by atoms with E-state index in [4.69, 9.17) is 4.74 Å². The van der Waals surface area contributed by atoms with E-state index < -0.39 is 11.2 Å². The number of H-pyrrole nitrogens is 1. The van der Waals surface area contributed by atoms with E-state index in [-0.39, 0.29) is 12.3 Å². The Labute approximate surface area is 152 Å². The number of nitrogens with one attached hydrogen (secondary N) is 1. The van der Waals surface area contributed by atoms with Gasteiger partial charge >= 0.3 is 5.69 Å². The molecule has 8 heteroatoms. The van der Waals surface area contributed by atoms with Crippen molar-refractivity contribution in [2.75, 3.05) is 39.4 Å². The summed E-state index contributed by atoms with van der Waals surface area (Å²) in [5, 5.41) is 0. The molecule has 26 heavy (non-hydrogen) atoms. The molecule has 1 N–H and O–H groups in total. The first kappa shape index (κ1) is 18.8. The predicted molar refractivity (Wildman–Crippen MR) is 97.2 cm³/mol. The minimum atomic E-state index is -0.468. The fourth-order valence-electron chi connectivity index (χ4n) is 3.93. The topological polar surface area (TPSA) is 87.6 Å². The predicted octanol–water partition coefficient (Wildman–Crippen LogP) is -0.425. The molecule has 0 aromatic carbocycles. The Morgan fingerprint density at radius 2 is 1.88 bits per heavy atom. The third kappa shape index (κ3) is 4.07. The van der Waals surface area contributed by atoms with Crippen molar-refractivity contribution in [2.45, 2.75) is 32.2 Å². The van der Waals surface area contributed by atoms with Crippen LogP contribution in [0.25, 0.3) is 0 Å². The smallest absolute Gasteiger partial charge is 0.328 e. The number of rotatable bonds is 4. The minimum absolute atomic E-state index is 0.0349. The van der Waals surface area contributed by atoms with Gasteiger partial charge in [0.25, 0.3) is 5.56 Å². The Morgan fingerprint density at radius 3 is 2.54 bits per heavy atom. The summed E-state index contributed by atoms with van der Waals surface area (Å²) < 4.78 is 6.42. The molecule has 0 bridgehead atoms. The molecule has 0 saturated carbocycles. The van der Waals surface area contributed by atoms with E-state index in [9.17, 15) is 14.4 Å². The lowest BCUT2D eigenvalue weighted by Crippen LogP contribution is -2.49. The van der Waals surface area contributed by atoms with Gasteiger partial charge in [0.1, 0.15) is 0 Å². The molecule has 2 fully saturated rings. The third-order valence-electron chi connectivity index (χ3n) is 5.79. The second-order valence-electron chi connectivity index (χ2n) is 7.27. The van der Waals surface area contributed by atoms with Crippen LogP contribution < -0.4 is 11.2 Å². The summed E-state index contributed by atoms with van der Waals surface area (Å²) in [6.07, 6.45) is 3.35. The maximum Gasteiger partial charge on any atom is 0.328 e. The number of aromatic nitrogens is 2. The van der Waals surface area contributed by atoms with Crippen molar-refractivity contribution >= 4 is 5.91 Å². The highest BCUT2D eigenvalue weighted by atomic mass is 16.5. The van der Waals surface area contributed by atoms with E-state index in [1.807, 2.05) is 4.90 Å². The van der Waals surface area contributed by atoms with E-state index in [0.717, 1.165) is 56.8 Å². The Bertz CT molecular complexity index is 742. The van der Waals surface area contributed by atoms with Crippen molar-refractivity contribution < 1.29 is 9.53 Å². The Hall–Kier alpha value is -1.93. The van der Waals surface area contributed by atoms with Gasteiger partial charge in [0.2, 0.25) is 5.91 Å². The molecule has 0 aliphatic carbocycles. The molecule has 3 rings (SSSR count). The quantitative estimate of drug-likeness (QED) is 0.784. The van der Waals surface area contributed by atoms with Crippen LogP contribution in [0.3, 0.4) is 0 Å². The molecule has 1 amide bonds. The summed E-state index contributed by atoms with van der Waals surface area (Å²) in [6.45, 7) is 7.29. The Kier molecular flexibility index (Phi) is 5.93. The maximum atomic E-state index is 12.6. The molecule has 3 heterocycles. The van der Waals surface area contributed by atoms with Gasteiger partial charge in [-0.05, 0) is 25.7 Å². The van der Waals surface area contributed by atoms with Crippen LogP contribution in [0.2, 0.25) is 0 Å². The molecular formula is C18H28N4O4. The highest BCUT2D eigenvalue weighted by Gasteiger charge is 2.30. The largest absolute Gasteiger partial charge is 0.379 e. The van der Waals surface area contributed by atoms with Crippen LogP contribution in [-0.4, -0.2) is 70.7 Å². The maximum absolute atomic E-state index is 12.6. The van der Waals surface area contributed by atoms with Gasteiger partial charge in [-0.1, -0.05) is 0 Å².